The number of carbonyl (C=O) groups is 1. The van der Waals surface area contributed by atoms with E-state index in [0.717, 1.165) is 18.5 Å². The quantitative estimate of drug-likeness (QED) is 0.876. The van der Waals surface area contributed by atoms with Gasteiger partial charge in [0.05, 0.1) is 11.3 Å². The van der Waals surface area contributed by atoms with E-state index in [2.05, 4.69) is 29.5 Å². The molecule has 0 aliphatic heterocycles. The van der Waals surface area contributed by atoms with E-state index in [1.807, 2.05) is 6.07 Å². The van der Waals surface area contributed by atoms with E-state index in [9.17, 15) is 4.79 Å². The molecule has 4 nitrogen and oxygen atoms in total. The Kier molecular flexibility index (Phi) is 4.77. The van der Waals surface area contributed by atoms with Crippen molar-refractivity contribution in [3.63, 3.8) is 0 Å². The molecule has 0 saturated heterocycles. The fourth-order valence-corrected chi connectivity index (χ4v) is 2.49. The standard InChI is InChI=1S/C15H23N3O/c1-11(2)17-14-8-12(9-16-10-14)15(19)18-13-6-4-3-5-7-13/h8-11,13,17H,3-7H2,1-2H3,(H,18,19). The zero-order chi connectivity index (χ0) is 13.7. The van der Waals surface area contributed by atoms with Gasteiger partial charge in [0.2, 0.25) is 0 Å². The Bertz CT molecular complexity index is 425. The maximum Gasteiger partial charge on any atom is 0.253 e. The van der Waals surface area contributed by atoms with E-state index < -0.39 is 0 Å². The van der Waals surface area contributed by atoms with Crippen LogP contribution in [0.15, 0.2) is 18.5 Å². The molecule has 0 radical (unpaired) electrons. The third-order valence-corrected chi connectivity index (χ3v) is 3.40. The van der Waals surface area contributed by atoms with Gasteiger partial charge in [-0.15, -0.1) is 0 Å². The molecule has 104 valence electrons. The molecular weight excluding hydrogens is 238 g/mol. The number of anilines is 1. The number of carbonyl (C=O) groups excluding carboxylic acids is 1. The van der Waals surface area contributed by atoms with Gasteiger partial charge in [-0.2, -0.15) is 0 Å². The van der Waals surface area contributed by atoms with Crippen molar-refractivity contribution in [1.29, 1.82) is 0 Å². The van der Waals surface area contributed by atoms with Crippen LogP contribution in [0.3, 0.4) is 0 Å². The molecule has 0 aromatic carbocycles. The molecule has 1 aliphatic rings. The Morgan fingerprint density at radius 3 is 2.68 bits per heavy atom. The normalized spacial score (nSPS) is 16.4. The van der Waals surface area contributed by atoms with Gasteiger partial charge in [0, 0.05) is 24.5 Å². The van der Waals surface area contributed by atoms with Crippen molar-refractivity contribution in [1.82, 2.24) is 10.3 Å². The van der Waals surface area contributed by atoms with Crippen LogP contribution < -0.4 is 10.6 Å². The molecule has 1 aromatic rings. The summed E-state index contributed by atoms with van der Waals surface area (Å²) in [6.45, 7) is 4.13. The maximum atomic E-state index is 12.2. The van der Waals surface area contributed by atoms with E-state index in [1.54, 1.807) is 12.4 Å². The SMILES string of the molecule is CC(C)Nc1cncc(C(=O)NC2CCCCC2)c1. The number of amides is 1. The van der Waals surface area contributed by atoms with Gasteiger partial charge in [0.1, 0.15) is 0 Å². The molecule has 0 spiro atoms. The Balaban J connectivity index is 1.97. The van der Waals surface area contributed by atoms with Gasteiger partial charge in [0.25, 0.3) is 5.91 Å². The van der Waals surface area contributed by atoms with Crippen molar-refractivity contribution < 1.29 is 4.79 Å². The first kappa shape index (κ1) is 13.8. The summed E-state index contributed by atoms with van der Waals surface area (Å²) < 4.78 is 0. The predicted molar refractivity (Wildman–Crippen MR) is 77.3 cm³/mol. The Labute approximate surface area is 115 Å². The molecule has 0 atom stereocenters. The lowest BCUT2D eigenvalue weighted by atomic mass is 9.95. The Morgan fingerprint density at radius 2 is 2.00 bits per heavy atom. The third-order valence-electron chi connectivity index (χ3n) is 3.40. The maximum absolute atomic E-state index is 12.2. The number of pyridine rings is 1. The van der Waals surface area contributed by atoms with E-state index in [1.165, 1.54) is 19.3 Å². The molecule has 2 N–H and O–H groups in total. The highest BCUT2D eigenvalue weighted by Crippen LogP contribution is 2.18. The molecular formula is C15H23N3O. The number of nitrogens with one attached hydrogen (secondary N) is 2. The number of hydrogen-bond acceptors (Lipinski definition) is 3. The first-order valence-corrected chi connectivity index (χ1v) is 7.17. The fraction of sp³-hybridized carbons (Fsp3) is 0.600. The Hall–Kier alpha value is -1.58. The summed E-state index contributed by atoms with van der Waals surface area (Å²) >= 11 is 0. The first-order chi connectivity index (χ1) is 9.15. The van der Waals surface area contributed by atoms with Gasteiger partial charge < -0.3 is 10.6 Å². The van der Waals surface area contributed by atoms with Crippen LogP contribution in [0.1, 0.15) is 56.3 Å². The van der Waals surface area contributed by atoms with Crippen LogP contribution in [0.2, 0.25) is 0 Å². The summed E-state index contributed by atoms with van der Waals surface area (Å²) in [6, 6.07) is 2.53. The second kappa shape index (κ2) is 6.55. The van der Waals surface area contributed by atoms with Crippen molar-refractivity contribution >= 4 is 11.6 Å². The number of hydrogen-bond donors (Lipinski definition) is 2. The van der Waals surface area contributed by atoms with Crippen LogP contribution in [-0.4, -0.2) is 23.0 Å². The van der Waals surface area contributed by atoms with Crippen molar-refractivity contribution in [2.75, 3.05) is 5.32 Å². The lowest BCUT2D eigenvalue weighted by Gasteiger charge is -2.22. The molecule has 1 saturated carbocycles. The van der Waals surface area contributed by atoms with Gasteiger partial charge in [0.15, 0.2) is 0 Å². The minimum Gasteiger partial charge on any atom is -0.382 e. The van der Waals surface area contributed by atoms with Crippen molar-refractivity contribution in [2.45, 2.75) is 58.0 Å². The lowest BCUT2D eigenvalue weighted by Crippen LogP contribution is -2.36. The van der Waals surface area contributed by atoms with Crippen LogP contribution >= 0.6 is 0 Å². The highest BCUT2D eigenvalue weighted by atomic mass is 16.1. The summed E-state index contributed by atoms with van der Waals surface area (Å²) in [4.78, 5) is 16.3. The van der Waals surface area contributed by atoms with Gasteiger partial charge in [-0.3, -0.25) is 9.78 Å². The second-order valence-corrected chi connectivity index (χ2v) is 5.57. The zero-order valence-corrected chi connectivity index (χ0v) is 11.8. The van der Waals surface area contributed by atoms with Gasteiger partial charge in [-0.05, 0) is 32.8 Å². The lowest BCUT2D eigenvalue weighted by molar-refractivity contribution is 0.0927. The summed E-state index contributed by atoms with van der Waals surface area (Å²) in [5, 5.41) is 6.37. The van der Waals surface area contributed by atoms with E-state index in [0.29, 0.717) is 17.6 Å². The number of rotatable bonds is 4. The number of aromatic nitrogens is 1. The monoisotopic (exact) mass is 261 g/mol. The molecule has 1 aliphatic carbocycles. The van der Waals surface area contributed by atoms with Crippen molar-refractivity contribution in [3.8, 4) is 0 Å². The summed E-state index contributed by atoms with van der Waals surface area (Å²) in [7, 11) is 0. The highest BCUT2D eigenvalue weighted by molar-refractivity contribution is 5.94. The molecule has 2 rings (SSSR count). The van der Waals surface area contributed by atoms with E-state index >= 15 is 0 Å². The minimum absolute atomic E-state index is 0.00759. The molecule has 4 heteroatoms. The zero-order valence-electron chi connectivity index (χ0n) is 11.8. The van der Waals surface area contributed by atoms with Gasteiger partial charge in [-0.25, -0.2) is 0 Å². The summed E-state index contributed by atoms with van der Waals surface area (Å²) in [5.41, 5.74) is 1.53. The summed E-state index contributed by atoms with van der Waals surface area (Å²) in [5.74, 6) is -0.00759. The van der Waals surface area contributed by atoms with Crippen LogP contribution in [-0.2, 0) is 0 Å². The average Bonchev–Trinajstić information content (AvgIpc) is 2.39. The largest absolute Gasteiger partial charge is 0.382 e. The summed E-state index contributed by atoms with van der Waals surface area (Å²) in [6.07, 6.45) is 9.31. The smallest absolute Gasteiger partial charge is 0.253 e. The fourth-order valence-electron chi connectivity index (χ4n) is 2.49. The third kappa shape index (κ3) is 4.23. The molecule has 1 heterocycles. The molecule has 0 bridgehead atoms. The highest BCUT2D eigenvalue weighted by Gasteiger charge is 2.17. The van der Waals surface area contributed by atoms with E-state index in [-0.39, 0.29) is 5.91 Å². The molecule has 1 aromatic heterocycles. The number of nitrogens with zero attached hydrogens (tertiary/aromatic N) is 1. The molecule has 1 amide bonds. The predicted octanol–water partition coefficient (Wildman–Crippen LogP) is 2.96. The topological polar surface area (TPSA) is 54.0 Å². The molecule has 0 unspecified atom stereocenters. The van der Waals surface area contributed by atoms with Crippen molar-refractivity contribution in [2.24, 2.45) is 0 Å². The molecule has 19 heavy (non-hydrogen) atoms. The average molecular weight is 261 g/mol. The van der Waals surface area contributed by atoms with E-state index in [4.69, 9.17) is 0 Å². The van der Waals surface area contributed by atoms with Gasteiger partial charge >= 0.3 is 0 Å². The van der Waals surface area contributed by atoms with Crippen LogP contribution in [0, 0.1) is 0 Å². The molecule has 1 fully saturated rings. The van der Waals surface area contributed by atoms with Crippen LogP contribution in [0.4, 0.5) is 5.69 Å². The van der Waals surface area contributed by atoms with Crippen LogP contribution in [0.25, 0.3) is 0 Å². The second-order valence-electron chi connectivity index (χ2n) is 5.57. The first-order valence-electron chi connectivity index (χ1n) is 7.17. The van der Waals surface area contributed by atoms with Crippen LogP contribution in [0.5, 0.6) is 0 Å². The van der Waals surface area contributed by atoms with Crippen molar-refractivity contribution in [3.05, 3.63) is 24.0 Å². The minimum atomic E-state index is -0.00759. The Morgan fingerprint density at radius 1 is 1.26 bits per heavy atom. The van der Waals surface area contributed by atoms with Gasteiger partial charge in [-0.1, -0.05) is 19.3 Å².